The van der Waals surface area contributed by atoms with E-state index in [9.17, 15) is 10.1 Å². The van der Waals surface area contributed by atoms with Crippen LogP contribution >= 0.6 is 0 Å². The van der Waals surface area contributed by atoms with E-state index in [4.69, 9.17) is 0 Å². The van der Waals surface area contributed by atoms with Crippen molar-refractivity contribution in [3.63, 3.8) is 0 Å². The largest absolute Gasteiger partial charge is 0.287 e. The Bertz CT molecular complexity index is 614. The van der Waals surface area contributed by atoms with Gasteiger partial charge in [0.05, 0.1) is 16.8 Å². The van der Waals surface area contributed by atoms with Crippen LogP contribution < -0.4 is 0 Å². The molecule has 0 unspecified atom stereocenters. The summed E-state index contributed by atoms with van der Waals surface area (Å²) in [6.07, 6.45) is 8.69. The van der Waals surface area contributed by atoms with Gasteiger partial charge in [0.15, 0.2) is 0 Å². The van der Waals surface area contributed by atoms with Crippen molar-refractivity contribution in [2.24, 2.45) is 5.92 Å². The number of hydrogen-bond acceptors (Lipinski definition) is 4. The maximum absolute atomic E-state index is 10.5. The Morgan fingerprint density at radius 2 is 2.15 bits per heavy atom. The van der Waals surface area contributed by atoms with Gasteiger partial charge in [-0.3, -0.25) is 14.8 Å². The molecule has 0 saturated carbocycles. The molecule has 0 saturated heterocycles. The SMILES string of the molecule is CC(C)Cn1cc(C=Cc2ccc([N+](=O)[O-])cn2)cn1. The van der Waals surface area contributed by atoms with Gasteiger partial charge in [-0.05, 0) is 24.1 Å². The molecular formula is C14H16N4O2. The van der Waals surface area contributed by atoms with Gasteiger partial charge in [0.25, 0.3) is 5.69 Å². The summed E-state index contributed by atoms with van der Waals surface area (Å²) in [5, 5.41) is 14.8. The van der Waals surface area contributed by atoms with E-state index < -0.39 is 4.92 Å². The lowest BCUT2D eigenvalue weighted by atomic mass is 10.2. The maximum Gasteiger partial charge on any atom is 0.287 e. The predicted molar refractivity (Wildman–Crippen MR) is 76.9 cm³/mol. The number of aromatic nitrogens is 3. The van der Waals surface area contributed by atoms with Gasteiger partial charge in [0.1, 0.15) is 6.20 Å². The number of nitrogens with zero attached hydrogens (tertiary/aromatic N) is 4. The molecule has 2 aromatic heterocycles. The van der Waals surface area contributed by atoms with Crippen molar-refractivity contribution < 1.29 is 4.92 Å². The second kappa shape index (κ2) is 6.10. The normalized spacial score (nSPS) is 11.3. The van der Waals surface area contributed by atoms with E-state index in [2.05, 4.69) is 23.9 Å². The van der Waals surface area contributed by atoms with Crippen molar-refractivity contribution in [3.05, 3.63) is 52.1 Å². The first-order valence-corrected chi connectivity index (χ1v) is 6.35. The summed E-state index contributed by atoms with van der Waals surface area (Å²) >= 11 is 0. The molecule has 2 aromatic rings. The van der Waals surface area contributed by atoms with E-state index in [1.54, 1.807) is 18.3 Å². The minimum atomic E-state index is -0.462. The van der Waals surface area contributed by atoms with Crippen molar-refractivity contribution in [1.29, 1.82) is 0 Å². The lowest BCUT2D eigenvalue weighted by molar-refractivity contribution is -0.385. The van der Waals surface area contributed by atoms with Gasteiger partial charge in [-0.15, -0.1) is 0 Å². The summed E-state index contributed by atoms with van der Waals surface area (Å²) in [5.74, 6) is 0.545. The second-order valence-electron chi connectivity index (χ2n) is 4.92. The van der Waals surface area contributed by atoms with Crippen LogP contribution in [0, 0.1) is 16.0 Å². The summed E-state index contributed by atoms with van der Waals surface area (Å²) in [6.45, 7) is 5.15. The van der Waals surface area contributed by atoms with Crippen molar-refractivity contribution in [3.8, 4) is 0 Å². The molecule has 0 bridgehead atoms. The van der Waals surface area contributed by atoms with Crippen LogP contribution in [0.25, 0.3) is 12.2 Å². The highest BCUT2D eigenvalue weighted by Gasteiger charge is 2.03. The topological polar surface area (TPSA) is 73.8 Å². The summed E-state index contributed by atoms with van der Waals surface area (Å²) in [7, 11) is 0. The standard InChI is InChI=1S/C14H16N4O2/c1-11(2)9-17-10-12(7-16-17)3-4-13-5-6-14(8-15-13)18(19)20/h3-8,10-11H,9H2,1-2H3. The smallest absolute Gasteiger partial charge is 0.272 e. The summed E-state index contributed by atoms with van der Waals surface area (Å²) < 4.78 is 1.90. The maximum atomic E-state index is 10.5. The lowest BCUT2D eigenvalue weighted by Crippen LogP contribution is -2.03. The highest BCUT2D eigenvalue weighted by atomic mass is 16.6. The Morgan fingerprint density at radius 3 is 2.75 bits per heavy atom. The highest BCUT2D eigenvalue weighted by Crippen LogP contribution is 2.11. The monoisotopic (exact) mass is 272 g/mol. The minimum absolute atomic E-state index is 0.00750. The first-order valence-electron chi connectivity index (χ1n) is 6.35. The Kier molecular flexibility index (Phi) is 4.24. The van der Waals surface area contributed by atoms with Crippen molar-refractivity contribution in [2.45, 2.75) is 20.4 Å². The zero-order valence-corrected chi connectivity index (χ0v) is 11.4. The fourth-order valence-electron chi connectivity index (χ4n) is 1.73. The molecule has 0 fully saturated rings. The van der Waals surface area contributed by atoms with E-state index >= 15 is 0 Å². The molecule has 0 atom stereocenters. The molecule has 0 N–H and O–H groups in total. The van der Waals surface area contributed by atoms with Gasteiger partial charge in [-0.1, -0.05) is 13.8 Å². The molecule has 0 aliphatic rings. The molecular weight excluding hydrogens is 256 g/mol. The number of rotatable bonds is 5. The predicted octanol–water partition coefficient (Wildman–Crippen LogP) is 3.01. The average molecular weight is 272 g/mol. The van der Waals surface area contributed by atoms with Gasteiger partial charge in [-0.2, -0.15) is 5.10 Å². The zero-order chi connectivity index (χ0) is 14.5. The second-order valence-corrected chi connectivity index (χ2v) is 4.92. The third-order valence-corrected chi connectivity index (χ3v) is 2.63. The molecule has 0 radical (unpaired) electrons. The Labute approximate surface area is 116 Å². The van der Waals surface area contributed by atoms with Crippen LogP contribution in [-0.2, 0) is 6.54 Å². The molecule has 0 spiro atoms. The molecule has 20 heavy (non-hydrogen) atoms. The minimum Gasteiger partial charge on any atom is -0.272 e. The molecule has 0 aliphatic carbocycles. The molecule has 6 heteroatoms. The van der Waals surface area contributed by atoms with Crippen LogP contribution in [0.3, 0.4) is 0 Å². The Morgan fingerprint density at radius 1 is 1.35 bits per heavy atom. The van der Waals surface area contributed by atoms with Gasteiger partial charge in [-0.25, -0.2) is 4.98 Å². The van der Waals surface area contributed by atoms with E-state index in [1.165, 1.54) is 12.3 Å². The summed E-state index contributed by atoms with van der Waals surface area (Å²) in [5.41, 5.74) is 1.64. The average Bonchev–Trinajstić information content (AvgIpc) is 2.83. The van der Waals surface area contributed by atoms with Crippen molar-refractivity contribution in [2.75, 3.05) is 0 Å². The van der Waals surface area contributed by atoms with Gasteiger partial charge >= 0.3 is 0 Å². The van der Waals surface area contributed by atoms with Crippen LogP contribution in [0.15, 0.2) is 30.7 Å². The van der Waals surface area contributed by atoms with E-state index in [-0.39, 0.29) is 5.69 Å². The number of hydrogen-bond donors (Lipinski definition) is 0. The lowest BCUT2D eigenvalue weighted by Gasteiger charge is -2.02. The molecule has 0 aromatic carbocycles. The fraction of sp³-hybridized carbons (Fsp3) is 0.286. The molecule has 2 heterocycles. The van der Waals surface area contributed by atoms with E-state index in [0.717, 1.165) is 12.1 Å². The van der Waals surface area contributed by atoms with Crippen LogP contribution in [0.2, 0.25) is 0 Å². The van der Waals surface area contributed by atoms with Crippen LogP contribution in [0.5, 0.6) is 0 Å². The Balaban J connectivity index is 2.05. The molecule has 6 nitrogen and oxygen atoms in total. The van der Waals surface area contributed by atoms with Gasteiger partial charge < -0.3 is 0 Å². The highest BCUT2D eigenvalue weighted by molar-refractivity contribution is 5.67. The van der Waals surface area contributed by atoms with Crippen molar-refractivity contribution in [1.82, 2.24) is 14.8 Å². The molecule has 104 valence electrons. The Hall–Kier alpha value is -2.50. The van der Waals surface area contributed by atoms with Gasteiger partial charge in [0.2, 0.25) is 0 Å². The summed E-state index contributed by atoms with van der Waals surface area (Å²) in [6, 6.07) is 3.06. The van der Waals surface area contributed by atoms with Crippen LogP contribution in [-0.4, -0.2) is 19.7 Å². The summed E-state index contributed by atoms with van der Waals surface area (Å²) in [4.78, 5) is 14.1. The zero-order valence-electron chi connectivity index (χ0n) is 11.4. The third kappa shape index (κ3) is 3.74. The van der Waals surface area contributed by atoms with E-state index in [1.807, 2.05) is 17.0 Å². The third-order valence-electron chi connectivity index (χ3n) is 2.63. The molecule has 0 amide bonds. The van der Waals surface area contributed by atoms with E-state index in [0.29, 0.717) is 11.6 Å². The molecule has 2 rings (SSSR count). The number of pyridine rings is 1. The first-order chi connectivity index (χ1) is 9.54. The number of nitro groups is 1. The molecule has 0 aliphatic heterocycles. The fourth-order valence-corrected chi connectivity index (χ4v) is 1.73. The van der Waals surface area contributed by atoms with Crippen molar-refractivity contribution >= 4 is 17.8 Å². The van der Waals surface area contributed by atoms with Crippen LogP contribution in [0.4, 0.5) is 5.69 Å². The first kappa shape index (κ1) is 13.9. The quantitative estimate of drug-likeness (QED) is 0.619. The van der Waals surface area contributed by atoms with Gasteiger partial charge in [0, 0.05) is 24.4 Å². The van der Waals surface area contributed by atoms with Crippen LogP contribution in [0.1, 0.15) is 25.1 Å².